The number of carbonyl (C=O) groups excluding carboxylic acids is 2. The Balaban J connectivity index is 1.69. The molecule has 2 heterocycles. The van der Waals surface area contributed by atoms with E-state index in [9.17, 15) is 9.59 Å². The number of piperidine rings is 1. The van der Waals surface area contributed by atoms with Gasteiger partial charge in [0.2, 0.25) is 11.8 Å². The van der Waals surface area contributed by atoms with E-state index in [1.165, 1.54) is 0 Å². The maximum Gasteiger partial charge on any atom is 0.251 e. The van der Waals surface area contributed by atoms with Crippen LogP contribution in [0.3, 0.4) is 0 Å². The summed E-state index contributed by atoms with van der Waals surface area (Å²) in [7, 11) is 0. The minimum absolute atomic E-state index is 0.0204. The monoisotopic (exact) mass is 384 g/mol. The Morgan fingerprint density at radius 1 is 1.21 bits per heavy atom. The maximum atomic E-state index is 13.2. The molecular formula is C21H28N4O3. The summed E-state index contributed by atoms with van der Waals surface area (Å²) in [5.41, 5.74) is 1.64. The number of nitrogens with one attached hydrogen (secondary N) is 1. The molecule has 0 saturated carbocycles. The Labute approximate surface area is 165 Å². The fourth-order valence-electron chi connectivity index (χ4n) is 3.50. The standard InChI is InChI=1S/C21H28N4O3/c1-13(2)18(23-19(26)16-9-7-14(3)8-10-16)21(27)25-11-5-6-17(12-25)20-22-15(4)24-28-20/h7-10,13,17-18H,5-6,11-12H2,1-4H3,(H,23,26)/t17-,18+/m0/s1. The second-order valence-corrected chi connectivity index (χ2v) is 7.86. The molecule has 1 fully saturated rings. The van der Waals surface area contributed by atoms with Crippen LogP contribution in [0.2, 0.25) is 0 Å². The number of hydrogen-bond acceptors (Lipinski definition) is 5. The van der Waals surface area contributed by atoms with Gasteiger partial charge in [0, 0.05) is 18.7 Å². The van der Waals surface area contributed by atoms with Crippen LogP contribution in [0.15, 0.2) is 28.8 Å². The molecule has 1 saturated heterocycles. The molecule has 7 heteroatoms. The molecule has 1 N–H and O–H groups in total. The lowest BCUT2D eigenvalue weighted by Gasteiger charge is -2.35. The van der Waals surface area contributed by atoms with Crippen molar-refractivity contribution < 1.29 is 14.1 Å². The van der Waals surface area contributed by atoms with Gasteiger partial charge in [0.25, 0.3) is 5.91 Å². The number of hydrogen-bond donors (Lipinski definition) is 1. The predicted molar refractivity (Wildman–Crippen MR) is 105 cm³/mol. The van der Waals surface area contributed by atoms with Gasteiger partial charge in [-0.3, -0.25) is 9.59 Å². The first kappa shape index (κ1) is 20.0. The van der Waals surface area contributed by atoms with Crippen LogP contribution < -0.4 is 5.32 Å². The van der Waals surface area contributed by atoms with Crippen LogP contribution in [0.1, 0.15) is 60.2 Å². The van der Waals surface area contributed by atoms with Gasteiger partial charge in [0.15, 0.2) is 5.82 Å². The lowest BCUT2D eigenvalue weighted by Crippen LogP contribution is -2.53. The van der Waals surface area contributed by atoms with Gasteiger partial charge in [0.1, 0.15) is 6.04 Å². The van der Waals surface area contributed by atoms with Gasteiger partial charge >= 0.3 is 0 Å². The van der Waals surface area contributed by atoms with E-state index in [-0.39, 0.29) is 23.7 Å². The van der Waals surface area contributed by atoms with E-state index in [1.807, 2.05) is 37.8 Å². The third kappa shape index (κ3) is 4.58. The van der Waals surface area contributed by atoms with Crippen molar-refractivity contribution in [3.8, 4) is 0 Å². The predicted octanol–water partition coefficient (Wildman–Crippen LogP) is 2.85. The van der Waals surface area contributed by atoms with Crippen molar-refractivity contribution in [3.63, 3.8) is 0 Å². The summed E-state index contributed by atoms with van der Waals surface area (Å²) in [6.07, 6.45) is 1.78. The number of aromatic nitrogens is 2. The second kappa shape index (κ2) is 8.54. The first-order valence-electron chi connectivity index (χ1n) is 9.81. The maximum absolute atomic E-state index is 13.2. The van der Waals surface area contributed by atoms with Crippen molar-refractivity contribution in [1.82, 2.24) is 20.4 Å². The summed E-state index contributed by atoms with van der Waals surface area (Å²) in [6, 6.07) is 6.77. The highest BCUT2D eigenvalue weighted by molar-refractivity contribution is 5.97. The molecule has 28 heavy (non-hydrogen) atoms. The van der Waals surface area contributed by atoms with Gasteiger partial charge in [-0.25, -0.2) is 0 Å². The SMILES string of the molecule is Cc1ccc(C(=O)N[C@@H](C(=O)N2CCC[C@H](c3nc(C)no3)C2)C(C)C)cc1. The quantitative estimate of drug-likeness (QED) is 0.856. The fraction of sp³-hybridized carbons (Fsp3) is 0.524. The topological polar surface area (TPSA) is 88.3 Å². The molecule has 1 aromatic carbocycles. The number of likely N-dealkylation sites (tertiary alicyclic amines) is 1. The molecule has 150 valence electrons. The second-order valence-electron chi connectivity index (χ2n) is 7.86. The summed E-state index contributed by atoms with van der Waals surface area (Å²) in [5.74, 6) is 0.917. The van der Waals surface area contributed by atoms with Gasteiger partial charge in [-0.15, -0.1) is 0 Å². The fourth-order valence-corrected chi connectivity index (χ4v) is 3.50. The molecule has 3 rings (SSSR count). The normalized spacial score (nSPS) is 18.2. The van der Waals surface area contributed by atoms with Crippen molar-refractivity contribution in [2.24, 2.45) is 5.92 Å². The molecule has 0 unspecified atom stereocenters. The average Bonchev–Trinajstić information content (AvgIpc) is 3.12. The van der Waals surface area contributed by atoms with Crippen molar-refractivity contribution in [2.45, 2.75) is 52.5 Å². The molecule has 0 bridgehead atoms. The highest BCUT2D eigenvalue weighted by atomic mass is 16.5. The molecule has 1 aliphatic heterocycles. The number of carbonyl (C=O) groups is 2. The minimum Gasteiger partial charge on any atom is -0.340 e. The van der Waals surface area contributed by atoms with Crippen LogP contribution in [0.4, 0.5) is 0 Å². The van der Waals surface area contributed by atoms with Crippen molar-refractivity contribution in [2.75, 3.05) is 13.1 Å². The van der Waals surface area contributed by atoms with Crippen molar-refractivity contribution in [1.29, 1.82) is 0 Å². The Morgan fingerprint density at radius 2 is 1.93 bits per heavy atom. The smallest absolute Gasteiger partial charge is 0.251 e. The third-order valence-electron chi connectivity index (χ3n) is 5.16. The number of aryl methyl sites for hydroxylation is 2. The van der Waals surface area contributed by atoms with E-state index >= 15 is 0 Å². The van der Waals surface area contributed by atoms with Gasteiger partial charge < -0.3 is 14.7 Å². The first-order chi connectivity index (χ1) is 13.3. The zero-order valence-electron chi connectivity index (χ0n) is 16.9. The molecule has 0 spiro atoms. The van der Waals surface area contributed by atoms with Crippen molar-refractivity contribution >= 4 is 11.8 Å². The zero-order chi connectivity index (χ0) is 20.3. The Hall–Kier alpha value is -2.70. The van der Waals surface area contributed by atoms with E-state index in [0.29, 0.717) is 30.4 Å². The van der Waals surface area contributed by atoms with Crippen LogP contribution in [0, 0.1) is 19.8 Å². The summed E-state index contributed by atoms with van der Waals surface area (Å²) in [4.78, 5) is 31.9. The number of rotatable bonds is 5. The molecule has 2 atom stereocenters. The van der Waals surface area contributed by atoms with E-state index in [2.05, 4.69) is 15.5 Å². The highest BCUT2D eigenvalue weighted by Crippen LogP contribution is 2.26. The Morgan fingerprint density at radius 3 is 2.54 bits per heavy atom. The Bertz CT molecular complexity index is 828. The largest absolute Gasteiger partial charge is 0.340 e. The summed E-state index contributed by atoms with van der Waals surface area (Å²) in [6.45, 7) is 8.85. The average molecular weight is 384 g/mol. The summed E-state index contributed by atoms with van der Waals surface area (Å²) >= 11 is 0. The molecule has 2 aromatic rings. The molecule has 0 radical (unpaired) electrons. The van der Waals surface area contributed by atoms with Crippen LogP contribution in [0.5, 0.6) is 0 Å². The van der Waals surface area contributed by atoms with Gasteiger partial charge in [-0.2, -0.15) is 4.98 Å². The molecule has 2 amide bonds. The molecule has 0 aliphatic carbocycles. The van der Waals surface area contributed by atoms with E-state index in [0.717, 1.165) is 18.4 Å². The first-order valence-corrected chi connectivity index (χ1v) is 9.81. The lowest BCUT2D eigenvalue weighted by atomic mass is 9.95. The lowest BCUT2D eigenvalue weighted by molar-refractivity contribution is -0.135. The van der Waals surface area contributed by atoms with E-state index < -0.39 is 6.04 Å². The molecule has 7 nitrogen and oxygen atoms in total. The summed E-state index contributed by atoms with van der Waals surface area (Å²) in [5, 5.41) is 6.78. The van der Waals surface area contributed by atoms with Gasteiger partial charge in [-0.05, 0) is 44.7 Å². The molecule has 1 aliphatic rings. The Kier molecular flexibility index (Phi) is 6.11. The third-order valence-corrected chi connectivity index (χ3v) is 5.16. The number of amides is 2. The van der Waals surface area contributed by atoms with Gasteiger partial charge in [0.05, 0.1) is 5.92 Å². The highest BCUT2D eigenvalue weighted by Gasteiger charge is 2.33. The van der Waals surface area contributed by atoms with Crippen LogP contribution in [-0.4, -0.2) is 46.0 Å². The number of benzene rings is 1. The van der Waals surface area contributed by atoms with Crippen LogP contribution in [-0.2, 0) is 4.79 Å². The van der Waals surface area contributed by atoms with Crippen LogP contribution in [0.25, 0.3) is 0 Å². The minimum atomic E-state index is -0.572. The summed E-state index contributed by atoms with van der Waals surface area (Å²) < 4.78 is 5.30. The van der Waals surface area contributed by atoms with Crippen molar-refractivity contribution in [3.05, 3.63) is 47.1 Å². The zero-order valence-corrected chi connectivity index (χ0v) is 16.9. The van der Waals surface area contributed by atoms with Crippen LogP contribution >= 0.6 is 0 Å². The molecule has 1 aromatic heterocycles. The van der Waals surface area contributed by atoms with E-state index in [1.54, 1.807) is 19.1 Å². The van der Waals surface area contributed by atoms with Gasteiger partial charge in [-0.1, -0.05) is 36.7 Å². The molecular weight excluding hydrogens is 356 g/mol. The number of nitrogens with zero attached hydrogens (tertiary/aromatic N) is 3. The van der Waals surface area contributed by atoms with E-state index in [4.69, 9.17) is 4.52 Å².